The zero-order valence-corrected chi connectivity index (χ0v) is 35.7. The summed E-state index contributed by atoms with van der Waals surface area (Å²) in [5, 5.41) is 6.84. The Bertz CT molecular complexity index is 2250. The molecule has 14 heteroatoms. The Morgan fingerprint density at radius 2 is 1.76 bits per heavy atom. The highest BCUT2D eigenvalue weighted by atomic mass is 32.1. The number of benzene rings is 2. The van der Waals surface area contributed by atoms with Crippen LogP contribution < -0.4 is 14.9 Å². The third-order valence-electron chi connectivity index (χ3n) is 12.7. The number of fused-ring (bicyclic) bond motifs is 3. The molecule has 1 unspecified atom stereocenters. The Morgan fingerprint density at radius 1 is 0.983 bits per heavy atom. The second-order valence-corrected chi connectivity index (χ2v) is 19.9. The van der Waals surface area contributed by atoms with Crippen molar-refractivity contribution in [1.82, 2.24) is 25.2 Å². The standard InChI is InChI=1S/C45H54N5O7PS/c1-4-19-56-45(54)28(3)48-58(55,57-36-9-7-6-8-10-36)27-29-11-16-40-33(20-29)23-41(59-40)42(51)47-38-22-32-13-12-31(32)21-35-14-15-39(50(35)43(38)52)44(53)49-25-34(26-49)37-24-46-18-17-30(37)5-2/h6-11,16-18,20,23-24,28,31-32,34-35,38-39H,4-5,12-15,19,21-22,25-27H2,1-3H3,(H,47,51)(H,48,55)/t28-,31-,32+,35+,38-,39-,58?/m0/s1. The van der Waals surface area contributed by atoms with Crippen molar-refractivity contribution >= 4 is 52.6 Å². The molecule has 1 saturated carbocycles. The van der Waals surface area contributed by atoms with Crippen molar-refractivity contribution in [1.29, 1.82) is 0 Å². The average Bonchev–Trinajstić information content (AvgIpc) is 3.83. The van der Waals surface area contributed by atoms with Crippen LogP contribution in [0.25, 0.3) is 10.1 Å². The number of hydrogen-bond donors (Lipinski definition) is 2. The van der Waals surface area contributed by atoms with Crippen molar-refractivity contribution in [3.05, 3.63) is 94.6 Å². The van der Waals surface area contributed by atoms with Gasteiger partial charge in [-0.15, -0.1) is 11.3 Å². The van der Waals surface area contributed by atoms with E-state index in [0.29, 0.717) is 60.4 Å². The summed E-state index contributed by atoms with van der Waals surface area (Å²) in [5.41, 5.74) is 3.16. The van der Waals surface area contributed by atoms with Crippen molar-refractivity contribution in [2.45, 2.75) is 108 Å². The zero-order valence-electron chi connectivity index (χ0n) is 34.0. The number of thiophene rings is 1. The second-order valence-electron chi connectivity index (χ2n) is 16.7. The molecule has 0 radical (unpaired) electrons. The van der Waals surface area contributed by atoms with Crippen molar-refractivity contribution in [2.24, 2.45) is 11.8 Å². The lowest BCUT2D eigenvalue weighted by Crippen LogP contribution is -2.61. The molecule has 0 spiro atoms. The maximum absolute atomic E-state index is 14.5. The minimum absolute atomic E-state index is 0.00454. The zero-order chi connectivity index (χ0) is 41.3. The van der Waals surface area contributed by atoms with E-state index in [2.05, 4.69) is 28.4 Å². The summed E-state index contributed by atoms with van der Waals surface area (Å²) in [4.78, 5) is 63.8. The molecule has 2 aromatic heterocycles. The Morgan fingerprint density at radius 3 is 2.51 bits per heavy atom. The van der Waals surface area contributed by atoms with Crippen molar-refractivity contribution in [2.75, 3.05) is 19.7 Å². The van der Waals surface area contributed by atoms with Gasteiger partial charge in [0.05, 0.1) is 17.6 Å². The van der Waals surface area contributed by atoms with Gasteiger partial charge >= 0.3 is 13.5 Å². The first-order valence-corrected chi connectivity index (χ1v) is 23.8. The van der Waals surface area contributed by atoms with Crippen LogP contribution in [0.4, 0.5) is 0 Å². The van der Waals surface area contributed by atoms with E-state index >= 15 is 0 Å². The van der Waals surface area contributed by atoms with E-state index in [1.807, 2.05) is 53.4 Å². The van der Waals surface area contributed by atoms with E-state index in [1.165, 1.54) is 22.5 Å². The highest BCUT2D eigenvalue weighted by Gasteiger charge is 2.50. The lowest BCUT2D eigenvalue weighted by Gasteiger charge is -2.47. The molecule has 3 aliphatic heterocycles. The van der Waals surface area contributed by atoms with Gasteiger partial charge in [0.15, 0.2) is 0 Å². The smallest absolute Gasteiger partial charge is 0.323 e. The van der Waals surface area contributed by atoms with Gasteiger partial charge in [-0.25, -0.2) is 5.09 Å². The highest BCUT2D eigenvalue weighted by molar-refractivity contribution is 7.56. The molecule has 8 rings (SSSR count). The van der Waals surface area contributed by atoms with Crippen LogP contribution in [0, 0.1) is 11.8 Å². The fraction of sp³-hybridized carbons (Fsp3) is 0.489. The normalized spacial score (nSPS) is 24.4. The number of carbonyl (C=O) groups excluding carboxylic acids is 4. The van der Waals surface area contributed by atoms with Crippen LogP contribution in [0.1, 0.15) is 98.0 Å². The number of nitrogens with one attached hydrogen (secondary N) is 2. The number of para-hydroxylation sites is 1. The Kier molecular flexibility index (Phi) is 12.3. The third-order valence-corrected chi connectivity index (χ3v) is 15.9. The van der Waals surface area contributed by atoms with Crippen LogP contribution in [0.2, 0.25) is 0 Å². The number of aromatic nitrogens is 1. The predicted octanol–water partition coefficient (Wildman–Crippen LogP) is 7.47. The van der Waals surface area contributed by atoms with Crippen molar-refractivity contribution < 1.29 is 33.0 Å². The van der Waals surface area contributed by atoms with Gasteiger partial charge in [0.25, 0.3) is 5.91 Å². The molecule has 0 bridgehead atoms. The number of hydrogen-bond acceptors (Lipinski definition) is 9. The summed E-state index contributed by atoms with van der Waals surface area (Å²) in [6.07, 6.45) is 10.4. The molecule has 59 heavy (non-hydrogen) atoms. The quantitative estimate of drug-likeness (QED) is 0.0976. The van der Waals surface area contributed by atoms with Crippen LogP contribution in [0.3, 0.4) is 0 Å². The van der Waals surface area contributed by atoms with E-state index in [-0.39, 0.29) is 42.5 Å². The van der Waals surface area contributed by atoms with E-state index in [0.717, 1.165) is 42.2 Å². The Labute approximate surface area is 349 Å². The van der Waals surface area contributed by atoms with Crippen molar-refractivity contribution in [3.63, 3.8) is 0 Å². The van der Waals surface area contributed by atoms with Crippen LogP contribution in [-0.2, 0) is 36.3 Å². The first-order chi connectivity index (χ1) is 28.5. The Balaban J connectivity index is 0.968. The topological polar surface area (TPSA) is 147 Å². The molecule has 12 nitrogen and oxygen atoms in total. The van der Waals surface area contributed by atoms with Crippen LogP contribution in [0.5, 0.6) is 5.75 Å². The van der Waals surface area contributed by atoms with Crippen molar-refractivity contribution in [3.8, 4) is 5.75 Å². The lowest BCUT2D eigenvalue weighted by atomic mass is 9.67. The summed E-state index contributed by atoms with van der Waals surface area (Å²) in [7, 11) is -3.69. The fourth-order valence-corrected chi connectivity index (χ4v) is 12.4. The monoisotopic (exact) mass is 839 g/mol. The maximum atomic E-state index is 14.5. The van der Waals surface area contributed by atoms with Crippen LogP contribution in [-0.4, -0.2) is 82.3 Å². The number of esters is 1. The van der Waals surface area contributed by atoms with Gasteiger partial charge in [0.1, 0.15) is 23.9 Å². The molecule has 1 aliphatic carbocycles. The highest BCUT2D eigenvalue weighted by Crippen LogP contribution is 2.48. The molecule has 2 N–H and O–H groups in total. The molecule has 3 amide bonds. The number of amides is 3. The molecular formula is C45H54N5O7PS. The van der Waals surface area contributed by atoms with E-state index in [4.69, 9.17) is 9.26 Å². The predicted molar refractivity (Wildman–Crippen MR) is 227 cm³/mol. The molecular weight excluding hydrogens is 786 g/mol. The van der Waals surface area contributed by atoms with Gasteiger partial charge in [0.2, 0.25) is 11.8 Å². The van der Waals surface area contributed by atoms with Gasteiger partial charge < -0.3 is 24.4 Å². The summed E-state index contributed by atoms with van der Waals surface area (Å²) in [6.45, 7) is 7.16. The number of pyridine rings is 1. The molecule has 2 aromatic carbocycles. The number of ether oxygens (including phenoxy) is 1. The SMILES string of the molecule is CCCOC(=O)[C@H](C)NP(=O)(Cc1ccc2sc(C(=O)N[C@H]3C[C@H]4CC[C@H]4C[C@H]4CC[C@@H](C(=O)N5CC(c6cnccc6CC)C5)N4C3=O)cc2c1)Oc1ccccc1. The summed E-state index contributed by atoms with van der Waals surface area (Å²) in [6, 6.07) is 16.2. The summed E-state index contributed by atoms with van der Waals surface area (Å²) >= 11 is 1.33. The Hall–Kier alpha value is -4.58. The maximum Gasteiger partial charge on any atom is 0.323 e. The number of carbonyl (C=O) groups is 4. The molecule has 7 atom stereocenters. The average molecular weight is 840 g/mol. The van der Waals surface area contributed by atoms with Gasteiger partial charge in [-0.05, 0) is 129 Å². The first-order valence-electron chi connectivity index (χ1n) is 21.2. The lowest BCUT2D eigenvalue weighted by molar-refractivity contribution is -0.151. The van der Waals surface area contributed by atoms with E-state index in [1.54, 1.807) is 37.3 Å². The number of nitrogens with zero attached hydrogens (tertiary/aromatic N) is 3. The molecule has 5 heterocycles. The first kappa shape index (κ1) is 41.2. The third kappa shape index (κ3) is 8.84. The molecule has 4 aromatic rings. The number of aryl methyl sites for hydroxylation is 1. The van der Waals surface area contributed by atoms with Gasteiger partial charge in [0, 0.05) is 42.1 Å². The minimum Gasteiger partial charge on any atom is -0.465 e. The second kappa shape index (κ2) is 17.6. The van der Waals surface area contributed by atoms with Gasteiger partial charge in [-0.1, -0.05) is 38.1 Å². The van der Waals surface area contributed by atoms with Gasteiger partial charge in [-0.3, -0.25) is 28.7 Å². The van der Waals surface area contributed by atoms with E-state index < -0.39 is 31.6 Å². The molecule has 3 saturated heterocycles. The van der Waals surface area contributed by atoms with Crippen LogP contribution >= 0.6 is 18.9 Å². The largest absolute Gasteiger partial charge is 0.465 e. The summed E-state index contributed by atoms with van der Waals surface area (Å²) in [5.74, 6) is 0.525. The molecule has 4 aliphatic rings. The minimum atomic E-state index is -3.69. The van der Waals surface area contributed by atoms with E-state index in [9.17, 15) is 23.7 Å². The van der Waals surface area contributed by atoms with Crippen LogP contribution in [0.15, 0.2) is 73.1 Å². The molecule has 312 valence electrons. The number of likely N-dealkylation sites (tertiary alicyclic amines) is 1. The number of rotatable bonds is 14. The fourth-order valence-electron chi connectivity index (χ4n) is 9.40. The summed E-state index contributed by atoms with van der Waals surface area (Å²) < 4.78 is 26.6. The van der Waals surface area contributed by atoms with Gasteiger partial charge in [-0.2, -0.15) is 0 Å². The molecule has 4 fully saturated rings.